The molecule has 0 aromatic heterocycles. The van der Waals surface area contributed by atoms with Crippen molar-refractivity contribution >= 4 is 11.8 Å². The third kappa shape index (κ3) is 3.02. The molecule has 0 radical (unpaired) electrons. The fourth-order valence-electron chi connectivity index (χ4n) is 3.41. The molecule has 3 rings (SSSR count). The second kappa shape index (κ2) is 6.78. The summed E-state index contributed by atoms with van der Waals surface area (Å²) in [5.74, 6) is 0.935. The van der Waals surface area contributed by atoms with Gasteiger partial charge in [-0.05, 0) is 56.2 Å². The molecule has 2 aromatic rings. The highest BCUT2D eigenvalue weighted by Gasteiger charge is 2.39. The Morgan fingerprint density at radius 2 is 1.78 bits per heavy atom. The molecule has 2 aromatic carbocycles. The van der Waals surface area contributed by atoms with Gasteiger partial charge in [0.25, 0.3) is 0 Å². The van der Waals surface area contributed by atoms with E-state index < -0.39 is 5.41 Å². The maximum absolute atomic E-state index is 10.3. The van der Waals surface area contributed by atoms with Crippen molar-refractivity contribution in [3.63, 3.8) is 0 Å². The molecule has 0 bridgehead atoms. The fraction of sp³-hybridized carbons (Fsp3) is 0.350. The van der Waals surface area contributed by atoms with E-state index in [4.69, 9.17) is 0 Å². The highest BCUT2D eigenvalue weighted by molar-refractivity contribution is 7.98. The van der Waals surface area contributed by atoms with Crippen molar-refractivity contribution in [2.45, 2.75) is 28.9 Å². The molecular weight excluding hydrogens is 300 g/mol. The molecule has 0 fully saturated rings. The van der Waals surface area contributed by atoms with Gasteiger partial charge in [-0.25, -0.2) is 0 Å². The van der Waals surface area contributed by atoms with Gasteiger partial charge < -0.3 is 4.90 Å². The lowest BCUT2D eigenvalue weighted by Gasteiger charge is -2.30. The van der Waals surface area contributed by atoms with E-state index in [-0.39, 0.29) is 0 Å². The zero-order valence-electron chi connectivity index (χ0n) is 13.7. The number of nitriles is 1. The minimum Gasteiger partial charge on any atom is -0.309 e. The highest BCUT2D eigenvalue weighted by atomic mass is 32.2. The van der Waals surface area contributed by atoms with E-state index in [0.717, 1.165) is 25.1 Å². The molecule has 2 nitrogen and oxygen atoms in total. The van der Waals surface area contributed by atoms with Crippen LogP contribution in [-0.2, 0) is 11.2 Å². The molecule has 0 aliphatic carbocycles. The first-order chi connectivity index (χ1) is 11.2. The van der Waals surface area contributed by atoms with Crippen LogP contribution in [0.4, 0.5) is 0 Å². The van der Waals surface area contributed by atoms with E-state index >= 15 is 0 Å². The molecule has 0 saturated carbocycles. The first-order valence-corrected chi connectivity index (χ1v) is 9.02. The number of thioether (sulfide) groups is 1. The Labute approximate surface area is 143 Å². The van der Waals surface area contributed by atoms with E-state index in [1.807, 2.05) is 11.8 Å². The average Bonchev–Trinajstić information content (AvgIpc) is 2.71. The van der Waals surface area contributed by atoms with Crippen LogP contribution >= 0.6 is 11.8 Å². The Morgan fingerprint density at radius 1 is 1.09 bits per heavy atom. The molecule has 1 aliphatic heterocycles. The summed E-state index contributed by atoms with van der Waals surface area (Å²) < 4.78 is 0. The minimum atomic E-state index is -0.535. The number of hydrogen-bond acceptors (Lipinski definition) is 3. The zero-order chi connectivity index (χ0) is 16.3. The van der Waals surface area contributed by atoms with Crippen LogP contribution in [0.2, 0.25) is 0 Å². The summed E-state index contributed by atoms with van der Waals surface area (Å²) in [6.07, 6.45) is 1.87. The molecule has 1 aliphatic rings. The standard InChI is InChI=1S/C20H22N2S/c1-22(2)13-7-12-20(15-21)17-9-4-3-8-16(17)14-23-19-11-6-5-10-18(19)20/h3-6,8-11H,7,12-14H2,1-2H3. The van der Waals surface area contributed by atoms with Crippen LogP contribution in [0.5, 0.6) is 0 Å². The number of rotatable bonds is 4. The average molecular weight is 322 g/mol. The number of benzene rings is 2. The largest absolute Gasteiger partial charge is 0.309 e. The molecule has 0 N–H and O–H groups in total. The second-order valence-electron chi connectivity index (χ2n) is 6.37. The third-order valence-electron chi connectivity index (χ3n) is 4.56. The lowest BCUT2D eigenvalue weighted by molar-refractivity contribution is 0.378. The van der Waals surface area contributed by atoms with E-state index in [9.17, 15) is 5.26 Å². The van der Waals surface area contributed by atoms with Crippen molar-refractivity contribution in [3.8, 4) is 6.07 Å². The van der Waals surface area contributed by atoms with Gasteiger partial charge in [0.05, 0.1) is 6.07 Å². The Bertz CT molecular complexity index is 683. The van der Waals surface area contributed by atoms with Gasteiger partial charge in [0.1, 0.15) is 5.41 Å². The Balaban J connectivity index is 2.13. The van der Waals surface area contributed by atoms with Gasteiger partial charge in [-0.1, -0.05) is 42.5 Å². The molecule has 23 heavy (non-hydrogen) atoms. The van der Waals surface area contributed by atoms with Gasteiger partial charge in [0.2, 0.25) is 0 Å². The predicted molar refractivity (Wildman–Crippen MR) is 96.6 cm³/mol. The Hall–Kier alpha value is -1.76. The first kappa shape index (κ1) is 16.1. The van der Waals surface area contributed by atoms with Gasteiger partial charge in [-0.2, -0.15) is 5.26 Å². The summed E-state index contributed by atoms with van der Waals surface area (Å²) in [6, 6.07) is 19.6. The Morgan fingerprint density at radius 3 is 2.52 bits per heavy atom. The van der Waals surface area contributed by atoms with E-state index in [1.165, 1.54) is 21.6 Å². The summed E-state index contributed by atoms with van der Waals surface area (Å²) in [4.78, 5) is 3.43. The smallest absolute Gasteiger partial charge is 0.109 e. The van der Waals surface area contributed by atoms with Crippen molar-refractivity contribution in [2.75, 3.05) is 20.6 Å². The highest BCUT2D eigenvalue weighted by Crippen LogP contribution is 2.46. The van der Waals surface area contributed by atoms with Gasteiger partial charge in [0, 0.05) is 10.6 Å². The zero-order valence-corrected chi connectivity index (χ0v) is 14.6. The van der Waals surface area contributed by atoms with Crippen LogP contribution in [0.25, 0.3) is 0 Å². The molecule has 0 amide bonds. The number of fused-ring (bicyclic) bond motifs is 2. The summed E-state index contributed by atoms with van der Waals surface area (Å²) in [6.45, 7) is 1.00. The summed E-state index contributed by atoms with van der Waals surface area (Å²) in [7, 11) is 4.17. The molecule has 0 spiro atoms. The summed E-state index contributed by atoms with van der Waals surface area (Å²) in [5.41, 5.74) is 3.13. The van der Waals surface area contributed by atoms with E-state index in [2.05, 4.69) is 73.6 Å². The molecule has 1 unspecified atom stereocenters. The Kier molecular flexibility index (Phi) is 4.75. The lowest BCUT2D eigenvalue weighted by Crippen LogP contribution is -2.28. The molecule has 118 valence electrons. The molecular formula is C20H22N2S. The number of hydrogen-bond donors (Lipinski definition) is 0. The van der Waals surface area contributed by atoms with Crippen molar-refractivity contribution in [1.82, 2.24) is 4.90 Å². The topological polar surface area (TPSA) is 27.0 Å². The van der Waals surface area contributed by atoms with Crippen molar-refractivity contribution in [1.29, 1.82) is 5.26 Å². The fourth-order valence-corrected chi connectivity index (χ4v) is 4.55. The number of nitrogens with zero attached hydrogens (tertiary/aromatic N) is 2. The molecule has 1 heterocycles. The first-order valence-electron chi connectivity index (χ1n) is 8.04. The molecule has 0 saturated heterocycles. The van der Waals surface area contributed by atoms with Gasteiger partial charge in [-0.3, -0.25) is 0 Å². The van der Waals surface area contributed by atoms with Crippen molar-refractivity contribution in [3.05, 3.63) is 65.2 Å². The summed E-state index contributed by atoms with van der Waals surface area (Å²) >= 11 is 1.85. The van der Waals surface area contributed by atoms with Crippen LogP contribution in [-0.4, -0.2) is 25.5 Å². The maximum Gasteiger partial charge on any atom is 0.109 e. The van der Waals surface area contributed by atoms with Crippen LogP contribution in [0.15, 0.2) is 53.4 Å². The maximum atomic E-state index is 10.3. The minimum absolute atomic E-state index is 0.535. The van der Waals surface area contributed by atoms with E-state index in [1.54, 1.807) is 0 Å². The normalized spacial score (nSPS) is 19.6. The molecule has 3 heteroatoms. The van der Waals surface area contributed by atoms with Crippen molar-refractivity contribution < 1.29 is 0 Å². The quantitative estimate of drug-likeness (QED) is 0.832. The molecule has 1 atom stereocenters. The van der Waals surface area contributed by atoms with Gasteiger partial charge >= 0.3 is 0 Å². The van der Waals surface area contributed by atoms with Crippen LogP contribution in [0, 0.1) is 11.3 Å². The van der Waals surface area contributed by atoms with Crippen LogP contribution < -0.4 is 0 Å². The second-order valence-corrected chi connectivity index (χ2v) is 7.38. The van der Waals surface area contributed by atoms with E-state index in [0.29, 0.717) is 0 Å². The lowest BCUT2D eigenvalue weighted by atomic mass is 9.71. The predicted octanol–water partition coefficient (Wildman–Crippen LogP) is 4.44. The SMILES string of the molecule is CN(C)CCCC1(C#N)c2ccccc2CSc2ccccc21. The summed E-state index contributed by atoms with van der Waals surface area (Å²) in [5, 5.41) is 10.3. The van der Waals surface area contributed by atoms with Crippen molar-refractivity contribution in [2.24, 2.45) is 0 Å². The van der Waals surface area contributed by atoms with Crippen LogP contribution in [0.1, 0.15) is 29.5 Å². The third-order valence-corrected chi connectivity index (χ3v) is 5.68. The van der Waals surface area contributed by atoms with Crippen LogP contribution in [0.3, 0.4) is 0 Å². The van der Waals surface area contributed by atoms with Gasteiger partial charge in [0.15, 0.2) is 0 Å². The monoisotopic (exact) mass is 322 g/mol. The van der Waals surface area contributed by atoms with Gasteiger partial charge in [-0.15, -0.1) is 11.8 Å².